The molecule has 0 saturated carbocycles. The molecule has 1 N–H and O–H groups in total. The van der Waals surface area contributed by atoms with Gasteiger partial charge in [-0.3, -0.25) is 4.79 Å². The van der Waals surface area contributed by atoms with Gasteiger partial charge < -0.3 is 15.0 Å². The molecule has 0 spiro atoms. The quantitative estimate of drug-likeness (QED) is 0.795. The highest BCUT2D eigenvalue weighted by Crippen LogP contribution is 2.29. The Morgan fingerprint density at radius 3 is 3.12 bits per heavy atom. The Labute approximate surface area is 101 Å². The zero-order chi connectivity index (χ0) is 12.3. The predicted molar refractivity (Wildman–Crippen MR) is 65.1 cm³/mol. The number of hydrogen-bond acceptors (Lipinski definition) is 4. The molecule has 92 valence electrons. The van der Waals surface area contributed by atoms with Gasteiger partial charge in [-0.2, -0.15) is 0 Å². The number of aromatic nitrogens is 1. The van der Waals surface area contributed by atoms with Gasteiger partial charge in [-0.05, 0) is 26.1 Å². The maximum Gasteiger partial charge on any atom is 0.238 e. The smallest absolute Gasteiger partial charge is 0.238 e. The van der Waals surface area contributed by atoms with Crippen molar-refractivity contribution in [3.05, 3.63) is 18.3 Å². The van der Waals surface area contributed by atoms with Crippen molar-refractivity contribution in [1.29, 1.82) is 0 Å². The molecule has 5 nitrogen and oxygen atoms in total. The molecular formula is C12H17N3O2. The van der Waals surface area contributed by atoms with Gasteiger partial charge >= 0.3 is 0 Å². The van der Waals surface area contributed by atoms with Crippen LogP contribution in [0.5, 0.6) is 5.88 Å². The van der Waals surface area contributed by atoms with Crippen LogP contribution in [-0.4, -0.2) is 42.0 Å². The summed E-state index contributed by atoms with van der Waals surface area (Å²) in [5, 5.41) is 2.60. The second-order valence-electron chi connectivity index (χ2n) is 4.66. The number of pyridine rings is 1. The molecule has 1 unspecified atom stereocenters. The first kappa shape index (κ1) is 11.9. The van der Waals surface area contributed by atoms with Crippen molar-refractivity contribution in [2.75, 3.05) is 25.5 Å². The molecule has 17 heavy (non-hydrogen) atoms. The topological polar surface area (TPSA) is 54.5 Å². The first-order valence-corrected chi connectivity index (χ1v) is 5.66. The molecule has 1 aliphatic heterocycles. The Balaban J connectivity index is 2.15. The van der Waals surface area contributed by atoms with Crippen LogP contribution in [0.25, 0.3) is 0 Å². The number of ether oxygens (including phenoxy) is 1. The second kappa shape index (κ2) is 4.71. The van der Waals surface area contributed by atoms with E-state index in [0.29, 0.717) is 18.0 Å². The molecule has 0 aliphatic carbocycles. The molecule has 1 fully saturated rings. The lowest BCUT2D eigenvalue weighted by Crippen LogP contribution is -2.35. The fraction of sp³-hybridized carbons (Fsp3) is 0.500. The number of likely N-dealkylation sites (N-methyl/N-ethyl adjacent to an activating group) is 1. The predicted octanol–water partition coefficient (Wildman–Crippen LogP) is 1.12. The fourth-order valence-corrected chi connectivity index (χ4v) is 2.12. The van der Waals surface area contributed by atoms with Crippen LogP contribution in [-0.2, 0) is 4.79 Å². The summed E-state index contributed by atoms with van der Waals surface area (Å²) >= 11 is 0. The molecular weight excluding hydrogens is 218 g/mol. The zero-order valence-corrected chi connectivity index (χ0v) is 10.1. The van der Waals surface area contributed by atoms with Gasteiger partial charge in [-0.1, -0.05) is 0 Å². The van der Waals surface area contributed by atoms with Gasteiger partial charge in [-0.15, -0.1) is 0 Å². The van der Waals surface area contributed by atoms with Crippen LogP contribution >= 0.6 is 0 Å². The number of rotatable bonds is 4. The zero-order valence-electron chi connectivity index (χ0n) is 10.1. The third-order valence-electron chi connectivity index (χ3n) is 2.96. The summed E-state index contributed by atoms with van der Waals surface area (Å²) in [6.45, 7) is 3.94. The summed E-state index contributed by atoms with van der Waals surface area (Å²) in [6, 6.07) is 3.54. The molecule has 1 amide bonds. The lowest BCUT2D eigenvalue weighted by molar-refractivity contribution is -0.105. The van der Waals surface area contributed by atoms with Crippen molar-refractivity contribution in [3.8, 4) is 5.88 Å². The molecule has 5 heteroatoms. The van der Waals surface area contributed by atoms with Crippen molar-refractivity contribution in [1.82, 2.24) is 9.88 Å². The maximum absolute atomic E-state index is 10.5. The number of anilines is 1. The van der Waals surface area contributed by atoms with E-state index in [1.165, 1.54) is 0 Å². The second-order valence-corrected chi connectivity index (χ2v) is 4.66. The lowest BCUT2D eigenvalue weighted by atomic mass is 10.1. The highest BCUT2D eigenvalue weighted by atomic mass is 16.5. The highest BCUT2D eigenvalue weighted by Gasteiger charge is 2.34. The van der Waals surface area contributed by atoms with Gasteiger partial charge in [0.1, 0.15) is 11.3 Å². The van der Waals surface area contributed by atoms with E-state index in [1.807, 2.05) is 0 Å². The van der Waals surface area contributed by atoms with E-state index in [4.69, 9.17) is 4.74 Å². The van der Waals surface area contributed by atoms with Crippen molar-refractivity contribution in [3.63, 3.8) is 0 Å². The summed E-state index contributed by atoms with van der Waals surface area (Å²) in [5.74, 6) is 0.484. The van der Waals surface area contributed by atoms with Gasteiger partial charge in [0.15, 0.2) is 0 Å². The maximum atomic E-state index is 10.5. The summed E-state index contributed by atoms with van der Waals surface area (Å²) in [6.07, 6.45) is 3.25. The Bertz CT molecular complexity index is 410. The molecule has 2 heterocycles. The number of amides is 1. The van der Waals surface area contributed by atoms with Gasteiger partial charge in [0, 0.05) is 25.7 Å². The normalized spacial score (nSPS) is 24.6. The Kier molecular flexibility index (Phi) is 3.28. The molecule has 0 aromatic carbocycles. The SMILES string of the molecule is CN1CCC(C)(Oc2ncccc2NC=O)C1. The van der Waals surface area contributed by atoms with E-state index in [-0.39, 0.29) is 5.60 Å². The van der Waals surface area contributed by atoms with Gasteiger partial charge in [0.05, 0.1) is 0 Å². The van der Waals surface area contributed by atoms with E-state index >= 15 is 0 Å². The molecule has 1 aromatic heterocycles. The molecule has 2 rings (SSSR count). The monoisotopic (exact) mass is 235 g/mol. The number of nitrogens with one attached hydrogen (secondary N) is 1. The lowest BCUT2D eigenvalue weighted by Gasteiger charge is -2.25. The fourth-order valence-electron chi connectivity index (χ4n) is 2.12. The first-order chi connectivity index (χ1) is 8.13. The largest absolute Gasteiger partial charge is 0.468 e. The Morgan fingerprint density at radius 1 is 1.65 bits per heavy atom. The molecule has 1 atom stereocenters. The van der Waals surface area contributed by atoms with Gasteiger partial charge in [0.2, 0.25) is 12.3 Å². The third kappa shape index (κ3) is 2.74. The summed E-state index contributed by atoms with van der Waals surface area (Å²) < 4.78 is 5.94. The van der Waals surface area contributed by atoms with Crippen LogP contribution in [0.2, 0.25) is 0 Å². The van der Waals surface area contributed by atoms with Crippen LogP contribution in [0.1, 0.15) is 13.3 Å². The van der Waals surface area contributed by atoms with Gasteiger partial charge in [-0.25, -0.2) is 4.98 Å². The first-order valence-electron chi connectivity index (χ1n) is 5.66. The van der Waals surface area contributed by atoms with E-state index in [9.17, 15) is 4.79 Å². The van der Waals surface area contributed by atoms with E-state index in [2.05, 4.69) is 29.2 Å². The Hall–Kier alpha value is -1.62. The van der Waals surface area contributed by atoms with Crippen molar-refractivity contribution in [2.45, 2.75) is 18.9 Å². The molecule has 1 aliphatic rings. The molecule has 0 bridgehead atoms. The molecule has 1 aromatic rings. The van der Waals surface area contributed by atoms with E-state index in [1.54, 1.807) is 18.3 Å². The minimum atomic E-state index is -0.234. The average Bonchev–Trinajstić information content (AvgIpc) is 2.62. The standard InChI is InChI=1S/C12H17N3O2/c1-12(5-7-15(2)8-12)17-11-10(14-9-16)4-3-6-13-11/h3-4,6,9H,5,7-8H2,1-2H3,(H,14,16). The van der Waals surface area contributed by atoms with E-state index in [0.717, 1.165) is 19.5 Å². The number of nitrogens with zero attached hydrogens (tertiary/aromatic N) is 2. The summed E-state index contributed by atoms with van der Waals surface area (Å²) in [7, 11) is 2.07. The minimum absolute atomic E-state index is 0.234. The van der Waals surface area contributed by atoms with E-state index < -0.39 is 0 Å². The summed E-state index contributed by atoms with van der Waals surface area (Å²) in [5.41, 5.74) is 0.376. The number of hydrogen-bond donors (Lipinski definition) is 1. The van der Waals surface area contributed by atoms with Crippen LogP contribution in [0, 0.1) is 0 Å². The minimum Gasteiger partial charge on any atom is -0.468 e. The van der Waals surface area contributed by atoms with Crippen LogP contribution in [0.3, 0.4) is 0 Å². The Morgan fingerprint density at radius 2 is 2.47 bits per heavy atom. The van der Waals surface area contributed by atoms with Crippen LogP contribution < -0.4 is 10.1 Å². The number of likely N-dealkylation sites (tertiary alicyclic amines) is 1. The average molecular weight is 235 g/mol. The van der Waals surface area contributed by atoms with Gasteiger partial charge in [0.25, 0.3) is 0 Å². The van der Waals surface area contributed by atoms with Crippen molar-refractivity contribution >= 4 is 12.1 Å². The third-order valence-corrected chi connectivity index (χ3v) is 2.96. The van der Waals surface area contributed by atoms with Crippen molar-refractivity contribution < 1.29 is 9.53 Å². The van der Waals surface area contributed by atoms with Crippen molar-refractivity contribution in [2.24, 2.45) is 0 Å². The summed E-state index contributed by atoms with van der Waals surface area (Å²) in [4.78, 5) is 16.9. The highest BCUT2D eigenvalue weighted by molar-refractivity contribution is 5.74. The van der Waals surface area contributed by atoms with Crippen LogP contribution in [0.4, 0.5) is 5.69 Å². The van der Waals surface area contributed by atoms with Crippen LogP contribution in [0.15, 0.2) is 18.3 Å². The molecule has 0 radical (unpaired) electrons. The number of carbonyl (C=O) groups excluding carboxylic acids is 1. The molecule has 1 saturated heterocycles. The number of carbonyl (C=O) groups is 1.